The molecule has 3 aromatic rings. The summed E-state index contributed by atoms with van der Waals surface area (Å²) in [6.07, 6.45) is 6.37. The van der Waals surface area contributed by atoms with Crippen molar-refractivity contribution in [3.8, 4) is 0 Å². The van der Waals surface area contributed by atoms with E-state index < -0.39 is 0 Å². The molecule has 0 amide bonds. The highest BCUT2D eigenvalue weighted by Gasteiger charge is 2.11. The first-order valence-corrected chi connectivity index (χ1v) is 7.53. The van der Waals surface area contributed by atoms with E-state index in [0.29, 0.717) is 0 Å². The summed E-state index contributed by atoms with van der Waals surface area (Å²) in [5, 5.41) is 2.56. The molecule has 20 heavy (non-hydrogen) atoms. The van der Waals surface area contributed by atoms with Gasteiger partial charge >= 0.3 is 0 Å². The Balaban J connectivity index is 2.50. The summed E-state index contributed by atoms with van der Waals surface area (Å²) in [7, 11) is 0. The Morgan fingerprint density at radius 1 is 1.00 bits per heavy atom. The Kier molecular flexibility index (Phi) is 3.49. The molecule has 1 aromatic heterocycles. The number of hydrogen-bond donors (Lipinski definition) is 0. The number of fused-ring (bicyclic) bond motifs is 3. The standard InChI is InChI=1S/C18H16BrN/c1-3-7-14(4-2)20-17-9-6-5-8-15(17)16-12-13(19)10-11-18(16)20/h3-12H,1-2H3/b7-3-,14-4+. The number of para-hydroxylation sites is 1. The first-order valence-electron chi connectivity index (χ1n) is 6.74. The lowest BCUT2D eigenvalue weighted by atomic mass is 10.2. The SMILES string of the molecule is C/C=C\C(=C/C)n1c2ccccc2c2cc(Br)ccc21. The van der Waals surface area contributed by atoms with E-state index >= 15 is 0 Å². The first kappa shape index (κ1) is 13.2. The topological polar surface area (TPSA) is 4.93 Å². The van der Waals surface area contributed by atoms with Crippen molar-refractivity contribution in [1.29, 1.82) is 0 Å². The van der Waals surface area contributed by atoms with Gasteiger partial charge in [-0.2, -0.15) is 0 Å². The van der Waals surface area contributed by atoms with Gasteiger partial charge in [-0.25, -0.2) is 0 Å². The van der Waals surface area contributed by atoms with Crippen LogP contribution in [-0.4, -0.2) is 4.57 Å². The monoisotopic (exact) mass is 325 g/mol. The third kappa shape index (κ3) is 2.01. The minimum Gasteiger partial charge on any atom is -0.310 e. The lowest BCUT2D eigenvalue weighted by molar-refractivity contribution is 1.23. The van der Waals surface area contributed by atoms with Crippen molar-refractivity contribution < 1.29 is 0 Å². The highest BCUT2D eigenvalue weighted by molar-refractivity contribution is 9.10. The van der Waals surface area contributed by atoms with Crippen LogP contribution in [0.25, 0.3) is 27.5 Å². The quantitative estimate of drug-likeness (QED) is 0.509. The van der Waals surface area contributed by atoms with Gasteiger partial charge in [0.2, 0.25) is 0 Å². The largest absolute Gasteiger partial charge is 0.310 e. The molecule has 100 valence electrons. The molecule has 0 radical (unpaired) electrons. The molecule has 0 saturated heterocycles. The molecule has 1 nitrogen and oxygen atoms in total. The average molecular weight is 326 g/mol. The fourth-order valence-corrected chi connectivity index (χ4v) is 3.06. The number of rotatable bonds is 2. The zero-order valence-electron chi connectivity index (χ0n) is 11.6. The van der Waals surface area contributed by atoms with Crippen molar-refractivity contribution in [3.05, 3.63) is 65.2 Å². The Morgan fingerprint density at radius 2 is 1.75 bits per heavy atom. The van der Waals surface area contributed by atoms with Crippen molar-refractivity contribution in [1.82, 2.24) is 4.57 Å². The maximum atomic E-state index is 3.57. The van der Waals surface area contributed by atoms with Crippen LogP contribution in [0, 0.1) is 0 Å². The number of aromatic nitrogens is 1. The molecular weight excluding hydrogens is 310 g/mol. The van der Waals surface area contributed by atoms with E-state index in [4.69, 9.17) is 0 Å². The van der Waals surface area contributed by atoms with E-state index in [9.17, 15) is 0 Å². The van der Waals surface area contributed by atoms with Gasteiger partial charge in [-0.15, -0.1) is 0 Å². The minimum absolute atomic E-state index is 1.11. The highest BCUT2D eigenvalue weighted by Crippen LogP contribution is 2.33. The molecule has 0 spiro atoms. The van der Waals surface area contributed by atoms with E-state index in [1.54, 1.807) is 0 Å². The van der Waals surface area contributed by atoms with Crippen molar-refractivity contribution in [3.63, 3.8) is 0 Å². The van der Waals surface area contributed by atoms with Crippen LogP contribution in [0.1, 0.15) is 13.8 Å². The summed E-state index contributed by atoms with van der Waals surface area (Å²) in [5.41, 5.74) is 3.67. The molecule has 0 aliphatic rings. The fourth-order valence-electron chi connectivity index (χ4n) is 2.69. The molecule has 0 aliphatic heterocycles. The van der Waals surface area contributed by atoms with Crippen LogP contribution in [-0.2, 0) is 0 Å². The summed E-state index contributed by atoms with van der Waals surface area (Å²) in [6.45, 7) is 4.13. The smallest absolute Gasteiger partial charge is 0.0541 e. The second-order valence-electron chi connectivity index (χ2n) is 4.73. The maximum Gasteiger partial charge on any atom is 0.0541 e. The molecule has 0 bridgehead atoms. The average Bonchev–Trinajstić information content (AvgIpc) is 2.79. The van der Waals surface area contributed by atoms with Gasteiger partial charge in [-0.1, -0.05) is 46.3 Å². The predicted octanol–water partition coefficient (Wildman–Crippen LogP) is 5.99. The normalized spacial score (nSPS) is 12.8. The van der Waals surface area contributed by atoms with E-state index in [1.807, 2.05) is 6.92 Å². The minimum atomic E-state index is 1.11. The zero-order chi connectivity index (χ0) is 14.1. The van der Waals surface area contributed by atoms with E-state index in [0.717, 1.165) is 4.47 Å². The molecule has 2 heteroatoms. The molecule has 0 unspecified atom stereocenters. The molecule has 3 rings (SSSR count). The number of nitrogens with zero attached hydrogens (tertiary/aromatic N) is 1. The van der Waals surface area contributed by atoms with Crippen LogP contribution in [0.15, 0.2) is 65.2 Å². The molecular formula is C18H16BrN. The summed E-state index contributed by atoms with van der Waals surface area (Å²) < 4.78 is 3.43. The molecule has 0 N–H and O–H groups in total. The van der Waals surface area contributed by atoms with Crippen LogP contribution >= 0.6 is 15.9 Å². The van der Waals surface area contributed by atoms with Gasteiger partial charge in [-0.05, 0) is 44.2 Å². The number of halogens is 1. The van der Waals surface area contributed by atoms with Crippen molar-refractivity contribution in [2.24, 2.45) is 0 Å². The highest BCUT2D eigenvalue weighted by atomic mass is 79.9. The molecule has 0 atom stereocenters. The number of hydrogen-bond acceptors (Lipinski definition) is 0. The third-order valence-corrected chi connectivity index (χ3v) is 4.02. The molecule has 0 saturated carbocycles. The van der Waals surface area contributed by atoms with Crippen LogP contribution in [0.3, 0.4) is 0 Å². The van der Waals surface area contributed by atoms with Crippen molar-refractivity contribution >= 4 is 43.4 Å². The van der Waals surface area contributed by atoms with Crippen molar-refractivity contribution in [2.45, 2.75) is 13.8 Å². The Labute approximate surface area is 127 Å². The van der Waals surface area contributed by atoms with Gasteiger partial charge in [0.1, 0.15) is 0 Å². The first-order chi connectivity index (χ1) is 9.76. The molecule has 0 fully saturated rings. The fraction of sp³-hybridized carbons (Fsp3) is 0.111. The summed E-state index contributed by atoms with van der Waals surface area (Å²) >= 11 is 3.57. The lowest BCUT2D eigenvalue weighted by Gasteiger charge is -2.08. The number of allylic oxidation sites excluding steroid dienone is 4. The van der Waals surface area contributed by atoms with Gasteiger partial charge in [0, 0.05) is 20.9 Å². The third-order valence-electron chi connectivity index (χ3n) is 3.53. The Bertz CT molecular complexity index is 837. The summed E-state index contributed by atoms with van der Waals surface area (Å²) in [5.74, 6) is 0. The van der Waals surface area contributed by atoms with Gasteiger partial charge in [0.05, 0.1) is 11.0 Å². The van der Waals surface area contributed by atoms with Crippen LogP contribution in [0.2, 0.25) is 0 Å². The van der Waals surface area contributed by atoms with E-state index in [2.05, 4.69) is 88.1 Å². The Hall–Kier alpha value is -1.80. The van der Waals surface area contributed by atoms with Crippen LogP contribution in [0.5, 0.6) is 0 Å². The summed E-state index contributed by atoms with van der Waals surface area (Å²) in [4.78, 5) is 0. The van der Waals surface area contributed by atoms with Crippen LogP contribution in [0.4, 0.5) is 0 Å². The van der Waals surface area contributed by atoms with E-state index in [-0.39, 0.29) is 0 Å². The van der Waals surface area contributed by atoms with Gasteiger partial charge in [0.15, 0.2) is 0 Å². The number of benzene rings is 2. The summed E-state index contributed by atoms with van der Waals surface area (Å²) in [6, 6.07) is 15.0. The second kappa shape index (κ2) is 5.29. The van der Waals surface area contributed by atoms with Gasteiger partial charge in [0.25, 0.3) is 0 Å². The van der Waals surface area contributed by atoms with Gasteiger partial charge < -0.3 is 4.57 Å². The molecule has 2 aromatic carbocycles. The second-order valence-corrected chi connectivity index (χ2v) is 5.64. The lowest BCUT2D eigenvalue weighted by Crippen LogP contribution is -1.93. The molecule has 1 heterocycles. The Morgan fingerprint density at radius 3 is 2.50 bits per heavy atom. The van der Waals surface area contributed by atoms with Gasteiger partial charge in [-0.3, -0.25) is 0 Å². The maximum absolute atomic E-state index is 3.57. The van der Waals surface area contributed by atoms with Crippen molar-refractivity contribution in [2.75, 3.05) is 0 Å². The van der Waals surface area contributed by atoms with Crippen LogP contribution < -0.4 is 0 Å². The molecule has 0 aliphatic carbocycles. The predicted molar refractivity (Wildman–Crippen MR) is 91.9 cm³/mol. The van der Waals surface area contributed by atoms with E-state index in [1.165, 1.54) is 27.5 Å². The zero-order valence-corrected chi connectivity index (χ0v) is 13.2.